The Labute approximate surface area is 123 Å². The lowest BCUT2D eigenvalue weighted by Gasteiger charge is -2.15. The molecule has 4 nitrogen and oxygen atoms in total. The van der Waals surface area contributed by atoms with Crippen molar-refractivity contribution in [1.82, 2.24) is 9.55 Å². The molecule has 0 fully saturated rings. The molecule has 3 rings (SSSR count). The summed E-state index contributed by atoms with van der Waals surface area (Å²) in [5.41, 5.74) is 4.13. The van der Waals surface area contributed by atoms with Gasteiger partial charge in [-0.25, -0.2) is 4.98 Å². The molecule has 4 heteroatoms. The Morgan fingerprint density at radius 3 is 2.62 bits per heavy atom. The minimum Gasteiger partial charge on any atom is -0.463 e. The summed E-state index contributed by atoms with van der Waals surface area (Å²) >= 11 is 0. The smallest absolute Gasteiger partial charge is 0.215 e. The Kier molecular flexibility index (Phi) is 3.62. The lowest BCUT2D eigenvalue weighted by Crippen LogP contribution is -2.22. The summed E-state index contributed by atoms with van der Waals surface area (Å²) in [6, 6.07) is 13.7. The van der Waals surface area contributed by atoms with Gasteiger partial charge in [-0.15, -0.1) is 0 Å². The van der Waals surface area contributed by atoms with Crippen LogP contribution in [-0.4, -0.2) is 20.9 Å². The maximum absolute atomic E-state index is 10.1. The SMILES string of the molecule is Cc1cc(C)cc(O[C@H](O)Cn2cnc3ccccc32)c1. The van der Waals surface area contributed by atoms with Gasteiger partial charge in [0.25, 0.3) is 0 Å². The summed E-state index contributed by atoms with van der Waals surface area (Å²) in [7, 11) is 0. The van der Waals surface area contributed by atoms with Gasteiger partial charge in [0.15, 0.2) is 0 Å². The zero-order valence-electron chi connectivity index (χ0n) is 12.2. The number of nitrogens with zero attached hydrogens (tertiary/aromatic N) is 2. The molecular weight excluding hydrogens is 264 g/mol. The third-order valence-corrected chi connectivity index (χ3v) is 3.35. The van der Waals surface area contributed by atoms with E-state index in [0.717, 1.165) is 22.2 Å². The second-order valence-corrected chi connectivity index (χ2v) is 5.28. The molecule has 1 aromatic heterocycles. The molecule has 2 aromatic carbocycles. The molecule has 108 valence electrons. The number of aliphatic hydroxyl groups excluding tert-OH is 1. The first-order chi connectivity index (χ1) is 10.1. The lowest BCUT2D eigenvalue weighted by atomic mass is 10.1. The first-order valence-corrected chi connectivity index (χ1v) is 6.95. The molecule has 0 unspecified atom stereocenters. The van der Waals surface area contributed by atoms with Crippen molar-refractivity contribution in [2.75, 3.05) is 0 Å². The van der Waals surface area contributed by atoms with Crippen molar-refractivity contribution in [3.8, 4) is 5.75 Å². The molecule has 0 aliphatic rings. The normalized spacial score (nSPS) is 12.5. The minimum absolute atomic E-state index is 0.341. The topological polar surface area (TPSA) is 47.3 Å². The van der Waals surface area contributed by atoms with Crippen molar-refractivity contribution in [2.24, 2.45) is 0 Å². The number of hydrogen-bond donors (Lipinski definition) is 1. The second-order valence-electron chi connectivity index (χ2n) is 5.28. The van der Waals surface area contributed by atoms with Crippen LogP contribution < -0.4 is 4.74 Å². The van der Waals surface area contributed by atoms with Gasteiger partial charge in [0, 0.05) is 0 Å². The van der Waals surface area contributed by atoms with Crippen molar-refractivity contribution in [3.63, 3.8) is 0 Å². The molecule has 21 heavy (non-hydrogen) atoms. The Morgan fingerprint density at radius 2 is 1.86 bits per heavy atom. The van der Waals surface area contributed by atoms with Gasteiger partial charge in [-0.1, -0.05) is 18.2 Å². The van der Waals surface area contributed by atoms with Crippen molar-refractivity contribution in [3.05, 3.63) is 59.9 Å². The number of ether oxygens (including phenoxy) is 1. The van der Waals surface area contributed by atoms with E-state index in [0.29, 0.717) is 12.3 Å². The van der Waals surface area contributed by atoms with Gasteiger partial charge >= 0.3 is 0 Å². The van der Waals surface area contributed by atoms with Crippen molar-refractivity contribution >= 4 is 11.0 Å². The average molecular weight is 282 g/mol. The molecule has 3 aromatic rings. The van der Waals surface area contributed by atoms with E-state index in [1.807, 2.05) is 54.8 Å². The van der Waals surface area contributed by atoms with Gasteiger partial charge in [0.05, 0.1) is 23.9 Å². The number of aliphatic hydroxyl groups is 1. The van der Waals surface area contributed by atoms with Crippen molar-refractivity contribution in [1.29, 1.82) is 0 Å². The van der Waals surface area contributed by atoms with Crippen LogP contribution in [-0.2, 0) is 6.54 Å². The first kappa shape index (κ1) is 13.6. The maximum Gasteiger partial charge on any atom is 0.215 e. The summed E-state index contributed by atoms with van der Waals surface area (Å²) in [5.74, 6) is 0.685. The van der Waals surface area contributed by atoms with E-state index in [4.69, 9.17) is 4.74 Å². The van der Waals surface area contributed by atoms with E-state index >= 15 is 0 Å². The average Bonchev–Trinajstić information content (AvgIpc) is 2.81. The summed E-state index contributed by atoms with van der Waals surface area (Å²) in [6.07, 6.45) is 0.808. The van der Waals surface area contributed by atoms with E-state index in [1.165, 1.54) is 0 Å². The highest BCUT2D eigenvalue weighted by Crippen LogP contribution is 2.18. The molecule has 0 spiro atoms. The van der Waals surface area contributed by atoms with Gasteiger partial charge < -0.3 is 14.4 Å². The van der Waals surface area contributed by atoms with E-state index < -0.39 is 6.29 Å². The molecule has 0 saturated carbocycles. The molecule has 0 amide bonds. The quantitative estimate of drug-likeness (QED) is 0.748. The molecule has 1 heterocycles. The summed E-state index contributed by atoms with van der Waals surface area (Å²) < 4.78 is 7.50. The Balaban J connectivity index is 1.75. The van der Waals surface area contributed by atoms with Gasteiger partial charge in [0.1, 0.15) is 5.75 Å². The van der Waals surface area contributed by atoms with E-state index in [2.05, 4.69) is 11.1 Å². The van der Waals surface area contributed by atoms with Crippen molar-refractivity contribution in [2.45, 2.75) is 26.7 Å². The Bertz CT molecular complexity index is 744. The van der Waals surface area contributed by atoms with E-state index in [-0.39, 0.29) is 0 Å². The zero-order valence-corrected chi connectivity index (χ0v) is 12.2. The van der Waals surface area contributed by atoms with Gasteiger partial charge in [-0.05, 0) is 49.2 Å². The molecule has 0 bridgehead atoms. The van der Waals surface area contributed by atoms with Crippen LogP contribution in [0.2, 0.25) is 0 Å². The number of rotatable bonds is 4. The molecule has 0 radical (unpaired) electrons. The first-order valence-electron chi connectivity index (χ1n) is 6.95. The highest BCUT2D eigenvalue weighted by atomic mass is 16.6. The third kappa shape index (κ3) is 3.06. The predicted octanol–water partition coefficient (Wildman–Crippen LogP) is 3.05. The minimum atomic E-state index is -0.913. The van der Waals surface area contributed by atoms with Crippen LogP contribution in [0.3, 0.4) is 0 Å². The highest BCUT2D eigenvalue weighted by molar-refractivity contribution is 5.74. The monoisotopic (exact) mass is 282 g/mol. The molecule has 1 atom stereocenters. The number of imidazole rings is 1. The largest absolute Gasteiger partial charge is 0.463 e. The standard InChI is InChI=1S/C17H18N2O2/c1-12-7-13(2)9-14(8-12)21-17(20)10-19-11-18-15-5-3-4-6-16(15)19/h3-9,11,17,20H,10H2,1-2H3/t17-/m0/s1. The summed E-state index contributed by atoms with van der Waals surface area (Å²) in [6.45, 7) is 4.36. The number of fused-ring (bicyclic) bond motifs is 1. The van der Waals surface area contributed by atoms with Crippen LogP contribution in [0.25, 0.3) is 11.0 Å². The molecule has 0 aliphatic carbocycles. The van der Waals surface area contributed by atoms with Crippen LogP contribution >= 0.6 is 0 Å². The fourth-order valence-corrected chi connectivity index (χ4v) is 2.52. The number of aryl methyl sites for hydroxylation is 2. The van der Waals surface area contributed by atoms with E-state index in [9.17, 15) is 5.11 Å². The Hall–Kier alpha value is -2.33. The predicted molar refractivity (Wildman–Crippen MR) is 82.3 cm³/mol. The third-order valence-electron chi connectivity index (χ3n) is 3.35. The molecule has 0 saturated heterocycles. The summed E-state index contributed by atoms with van der Waals surface area (Å²) in [4.78, 5) is 4.30. The number of hydrogen-bond acceptors (Lipinski definition) is 3. The van der Waals surface area contributed by atoms with Crippen LogP contribution in [0.4, 0.5) is 0 Å². The van der Waals surface area contributed by atoms with Gasteiger partial charge in [0.2, 0.25) is 6.29 Å². The van der Waals surface area contributed by atoms with Crippen LogP contribution in [0, 0.1) is 13.8 Å². The van der Waals surface area contributed by atoms with Crippen LogP contribution in [0.1, 0.15) is 11.1 Å². The molecule has 1 N–H and O–H groups in total. The van der Waals surface area contributed by atoms with Gasteiger partial charge in [-0.2, -0.15) is 0 Å². The molecular formula is C17H18N2O2. The lowest BCUT2D eigenvalue weighted by molar-refractivity contribution is -0.0287. The van der Waals surface area contributed by atoms with Crippen molar-refractivity contribution < 1.29 is 9.84 Å². The Morgan fingerprint density at radius 1 is 1.14 bits per heavy atom. The van der Waals surface area contributed by atoms with Crippen LogP contribution in [0.15, 0.2) is 48.8 Å². The van der Waals surface area contributed by atoms with Crippen LogP contribution in [0.5, 0.6) is 5.75 Å². The fourth-order valence-electron chi connectivity index (χ4n) is 2.52. The maximum atomic E-state index is 10.1. The fraction of sp³-hybridized carbons (Fsp3) is 0.235. The highest BCUT2D eigenvalue weighted by Gasteiger charge is 2.10. The number of benzene rings is 2. The number of para-hydroxylation sites is 2. The number of aromatic nitrogens is 2. The summed E-state index contributed by atoms with van der Waals surface area (Å²) in [5, 5.41) is 10.1. The van der Waals surface area contributed by atoms with Gasteiger partial charge in [-0.3, -0.25) is 0 Å². The van der Waals surface area contributed by atoms with E-state index in [1.54, 1.807) is 6.33 Å². The molecule has 0 aliphatic heterocycles. The zero-order chi connectivity index (χ0) is 14.8. The second kappa shape index (κ2) is 5.58.